The SMILES string of the molecule is CC(=O)Nc1ncc(S(=O)(=O)NCc2ccccc2Cl)s1. The van der Waals surface area contributed by atoms with Crippen LogP contribution in [-0.4, -0.2) is 19.3 Å². The molecule has 21 heavy (non-hydrogen) atoms. The Bertz CT molecular complexity index is 759. The predicted octanol–water partition coefficient (Wildman–Crippen LogP) is 2.23. The Morgan fingerprint density at radius 2 is 2.10 bits per heavy atom. The zero-order valence-electron chi connectivity index (χ0n) is 11.0. The van der Waals surface area contributed by atoms with Crippen molar-refractivity contribution in [3.05, 3.63) is 41.0 Å². The van der Waals surface area contributed by atoms with Crippen LogP contribution in [0.3, 0.4) is 0 Å². The molecular weight excluding hydrogens is 334 g/mol. The first kappa shape index (κ1) is 15.9. The molecule has 0 aliphatic carbocycles. The summed E-state index contributed by atoms with van der Waals surface area (Å²) in [5, 5.41) is 3.16. The molecule has 6 nitrogen and oxygen atoms in total. The summed E-state index contributed by atoms with van der Waals surface area (Å²) < 4.78 is 26.7. The number of halogens is 1. The molecule has 0 radical (unpaired) electrons. The van der Waals surface area contributed by atoms with Crippen LogP contribution < -0.4 is 10.0 Å². The summed E-state index contributed by atoms with van der Waals surface area (Å²) in [5.41, 5.74) is 0.675. The maximum absolute atomic E-state index is 12.1. The average molecular weight is 346 g/mol. The molecule has 0 aliphatic rings. The predicted molar refractivity (Wildman–Crippen MR) is 81.9 cm³/mol. The van der Waals surface area contributed by atoms with E-state index in [1.807, 2.05) is 0 Å². The Morgan fingerprint density at radius 3 is 2.76 bits per heavy atom. The second-order valence-electron chi connectivity index (χ2n) is 4.08. The van der Waals surface area contributed by atoms with E-state index in [-0.39, 0.29) is 21.8 Å². The number of nitrogens with one attached hydrogen (secondary N) is 2. The van der Waals surface area contributed by atoms with Crippen LogP contribution >= 0.6 is 22.9 Å². The fraction of sp³-hybridized carbons (Fsp3) is 0.167. The van der Waals surface area contributed by atoms with Gasteiger partial charge in [-0.2, -0.15) is 0 Å². The van der Waals surface area contributed by atoms with Gasteiger partial charge in [-0.05, 0) is 11.6 Å². The van der Waals surface area contributed by atoms with Crippen LogP contribution in [-0.2, 0) is 21.4 Å². The summed E-state index contributed by atoms with van der Waals surface area (Å²) in [6.45, 7) is 1.40. The first-order chi connectivity index (χ1) is 9.88. The number of sulfonamides is 1. The minimum absolute atomic E-state index is 0.0262. The molecule has 112 valence electrons. The van der Waals surface area contributed by atoms with Crippen LogP contribution in [0.4, 0.5) is 5.13 Å². The van der Waals surface area contributed by atoms with E-state index in [0.29, 0.717) is 10.6 Å². The lowest BCUT2D eigenvalue weighted by molar-refractivity contribution is -0.114. The van der Waals surface area contributed by atoms with Gasteiger partial charge in [-0.15, -0.1) is 0 Å². The first-order valence-corrected chi connectivity index (χ1v) is 8.53. The van der Waals surface area contributed by atoms with Crippen molar-refractivity contribution in [3.8, 4) is 0 Å². The second-order valence-corrected chi connectivity index (χ2v) is 7.51. The van der Waals surface area contributed by atoms with Gasteiger partial charge >= 0.3 is 0 Å². The van der Waals surface area contributed by atoms with E-state index in [0.717, 1.165) is 11.3 Å². The van der Waals surface area contributed by atoms with Crippen molar-refractivity contribution in [2.45, 2.75) is 17.7 Å². The maximum atomic E-state index is 12.1. The lowest BCUT2D eigenvalue weighted by atomic mass is 10.2. The van der Waals surface area contributed by atoms with Crippen LogP contribution in [0.15, 0.2) is 34.7 Å². The van der Waals surface area contributed by atoms with E-state index >= 15 is 0 Å². The number of rotatable bonds is 5. The number of hydrogen-bond acceptors (Lipinski definition) is 5. The smallest absolute Gasteiger partial charge is 0.252 e. The Morgan fingerprint density at radius 1 is 1.38 bits per heavy atom. The Hall–Kier alpha value is -1.48. The standard InChI is InChI=1S/C12H12ClN3O3S2/c1-8(17)16-12-14-7-11(20-12)21(18,19)15-6-9-4-2-3-5-10(9)13/h2-5,7,15H,6H2,1H3,(H,14,16,17). The van der Waals surface area contributed by atoms with Crippen LogP contribution in [0.1, 0.15) is 12.5 Å². The molecule has 0 fully saturated rings. The highest BCUT2D eigenvalue weighted by atomic mass is 35.5. The molecule has 1 amide bonds. The van der Waals surface area contributed by atoms with Crippen molar-refractivity contribution in [2.75, 3.05) is 5.32 Å². The number of nitrogens with zero attached hydrogens (tertiary/aromatic N) is 1. The van der Waals surface area contributed by atoms with Crippen molar-refractivity contribution < 1.29 is 13.2 Å². The van der Waals surface area contributed by atoms with Crippen LogP contribution in [0.25, 0.3) is 0 Å². The fourth-order valence-corrected chi connectivity index (χ4v) is 3.81. The topological polar surface area (TPSA) is 88.2 Å². The number of hydrogen-bond donors (Lipinski definition) is 2. The van der Waals surface area contributed by atoms with Gasteiger partial charge in [-0.3, -0.25) is 4.79 Å². The molecule has 0 saturated heterocycles. The summed E-state index contributed by atoms with van der Waals surface area (Å²) in [6.07, 6.45) is 1.20. The van der Waals surface area contributed by atoms with E-state index in [2.05, 4.69) is 15.0 Å². The minimum Gasteiger partial charge on any atom is -0.302 e. The molecule has 0 spiro atoms. The molecule has 0 bridgehead atoms. The monoisotopic (exact) mass is 345 g/mol. The molecule has 0 saturated carbocycles. The van der Waals surface area contributed by atoms with Crippen molar-refractivity contribution >= 4 is 44.0 Å². The lowest BCUT2D eigenvalue weighted by Gasteiger charge is -2.06. The number of aromatic nitrogens is 1. The minimum atomic E-state index is -3.69. The first-order valence-electron chi connectivity index (χ1n) is 5.85. The molecule has 0 atom stereocenters. The normalized spacial score (nSPS) is 11.3. The van der Waals surface area contributed by atoms with Gasteiger partial charge < -0.3 is 5.32 Å². The molecular formula is C12H12ClN3O3S2. The summed E-state index contributed by atoms with van der Waals surface area (Å²) in [7, 11) is -3.69. The highest BCUT2D eigenvalue weighted by Crippen LogP contribution is 2.23. The third-order valence-electron chi connectivity index (χ3n) is 2.44. The number of carbonyl (C=O) groups excluding carboxylic acids is 1. The molecule has 2 rings (SSSR count). The van der Waals surface area contributed by atoms with E-state index in [9.17, 15) is 13.2 Å². The summed E-state index contributed by atoms with van der Waals surface area (Å²) in [6, 6.07) is 6.97. The molecule has 1 heterocycles. The zero-order valence-corrected chi connectivity index (χ0v) is 13.3. The Balaban J connectivity index is 2.10. The van der Waals surface area contributed by atoms with Gasteiger partial charge in [-0.25, -0.2) is 18.1 Å². The van der Waals surface area contributed by atoms with Crippen LogP contribution in [0, 0.1) is 0 Å². The Kier molecular flexibility index (Phi) is 4.94. The largest absolute Gasteiger partial charge is 0.302 e. The lowest BCUT2D eigenvalue weighted by Crippen LogP contribution is -2.22. The molecule has 9 heteroatoms. The van der Waals surface area contributed by atoms with Crippen LogP contribution in [0.5, 0.6) is 0 Å². The third kappa shape index (κ3) is 4.24. The van der Waals surface area contributed by atoms with Crippen LogP contribution in [0.2, 0.25) is 5.02 Å². The quantitative estimate of drug-likeness (QED) is 0.869. The van der Waals surface area contributed by atoms with Gasteiger partial charge in [0.2, 0.25) is 5.91 Å². The van der Waals surface area contributed by atoms with E-state index in [1.54, 1.807) is 24.3 Å². The highest BCUT2D eigenvalue weighted by Gasteiger charge is 2.18. The van der Waals surface area contributed by atoms with Crippen molar-refractivity contribution in [1.29, 1.82) is 0 Å². The summed E-state index contributed by atoms with van der Waals surface area (Å²) >= 11 is 6.85. The molecule has 0 aliphatic heterocycles. The second kappa shape index (κ2) is 6.52. The van der Waals surface area contributed by atoms with Gasteiger partial charge in [0.15, 0.2) is 9.34 Å². The number of amides is 1. The van der Waals surface area contributed by atoms with E-state index in [1.165, 1.54) is 13.1 Å². The van der Waals surface area contributed by atoms with Gasteiger partial charge in [0, 0.05) is 18.5 Å². The highest BCUT2D eigenvalue weighted by molar-refractivity contribution is 7.91. The summed E-state index contributed by atoms with van der Waals surface area (Å²) in [5.74, 6) is -0.308. The average Bonchev–Trinajstić information content (AvgIpc) is 2.86. The zero-order chi connectivity index (χ0) is 15.5. The number of carbonyl (C=O) groups is 1. The van der Waals surface area contributed by atoms with Gasteiger partial charge in [0.1, 0.15) is 0 Å². The third-order valence-corrected chi connectivity index (χ3v) is 5.59. The Labute approximate surface area is 131 Å². The fourth-order valence-electron chi connectivity index (χ4n) is 1.48. The maximum Gasteiger partial charge on any atom is 0.252 e. The number of anilines is 1. The number of benzene rings is 1. The van der Waals surface area contributed by atoms with Gasteiger partial charge in [-0.1, -0.05) is 41.1 Å². The van der Waals surface area contributed by atoms with Gasteiger partial charge in [0.05, 0.1) is 6.20 Å². The number of thiazole rings is 1. The molecule has 0 unspecified atom stereocenters. The van der Waals surface area contributed by atoms with E-state index in [4.69, 9.17) is 11.6 Å². The molecule has 1 aromatic carbocycles. The molecule has 1 aromatic heterocycles. The van der Waals surface area contributed by atoms with Crippen molar-refractivity contribution in [2.24, 2.45) is 0 Å². The molecule has 2 N–H and O–H groups in total. The summed E-state index contributed by atoms with van der Waals surface area (Å²) in [4.78, 5) is 14.7. The van der Waals surface area contributed by atoms with Crippen molar-refractivity contribution in [3.63, 3.8) is 0 Å². The van der Waals surface area contributed by atoms with E-state index < -0.39 is 10.0 Å². The van der Waals surface area contributed by atoms with Gasteiger partial charge in [0.25, 0.3) is 10.0 Å². The molecule has 2 aromatic rings. The van der Waals surface area contributed by atoms with Crippen molar-refractivity contribution in [1.82, 2.24) is 9.71 Å².